The number of nitrogens with two attached hydrogens (primary N) is 1. The number of ether oxygens (including phenoxy) is 1. The Labute approximate surface area is 157 Å². The zero-order valence-corrected chi connectivity index (χ0v) is 15.4. The monoisotopic (exact) mass is 408 g/mol. The maximum Gasteiger partial charge on any atom is 0.238 e. The van der Waals surface area contributed by atoms with Gasteiger partial charge in [0.1, 0.15) is 10.0 Å². The smallest absolute Gasteiger partial charge is 0.238 e. The lowest BCUT2D eigenvalue weighted by Gasteiger charge is -2.15. The van der Waals surface area contributed by atoms with Crippen molar-refractivity contribution >= 4 is 57.4 Å². The minimum Gasteiger partial charge on any atom is -0.464 e. The van der Waals surface area contributed by atoms with Crippen LogP contribution in [0.2, 0.25) is 15.1 Å². The Morgan fingerprint density at radius 2 is 2.00 bits per heavy atom. The molecule has 0 saturated carbocycles. The number of halogens is 4. The normalized spacial score (nSPS) is 12.0. The van der Waals surface area contributed by atoms with E-state index in [0.717, 1.165) is 17.3 Å². The molecule has 2 rings (SSSR count). The van der Waals surface area contributed by atoms with E-state index in [0.29, 0.717) is 10.8 Å². The van der Waals surface area contributed by atoms with E-state index in [4.69, 9.17) is 45.3 Å². The largest absolute Gasteiger partial charge is 0.464 e. The third kappa shape index (κ3) is 4.45. The van der Waals surface area contributed by atoms with Crippen LogP contribution in [0.15, 0.2) is 24.3 Å². The summed E-state index contributed by atoms with van der Waals surface area (Å²) in [4.78, 5) is 15.6. The first kappa shape index (κ1) is 19.1. The fraction of sp³-hybridized carbons (Fsp3) is 0.200. The predicted molar refractivity (Wildman–Crippen MR) is 96.5 cm³/mol. The maximum absolute atomic E-state index is 13.5. The highest BCUT2D eigenvalue weighted by Crippen LogP contribution is 2.36. The number of carbonyl (C=O) groups is 1. The summed E-state index contributed by atoms with van der Waals surface area (Å²) in [7, 11) is 0. The van der Waals surface area contributed by atoms with Crippen molar-refractivity contribution in [3.63, 3.8) is 0 Å². The lowest BCUT2D eigenvalue weighted by molar-refractivity contribution is -0.116. The first-order valence-corrected chi connectivity index (χ1v) is 8.79. The van der Waals surface area contributed by atoms with Crippen LogP contribution in [0.3, 0.4) is 0 Å². The molecule has 0 radical (unpaired) electrons. The molecule has 2 aromatic rings. The van der Waals surface area contributed by atoms with E-state index >= 15 is 0 Å². The van der Waals surface area contributed by atoms with E-state index in [1.54, 1.807) is 12.1 Å². The SMILES string of the molecule is C[C@@H](Oc1nc(F)c(Cl)c(N)c1Cl)C(=O)SCc1ccccc1Cl. The van der Waals surface area contributed by atoms with Crippen LogP contribution in [0.25, 0.3) is 0 Å². The first-order chi connectivity index (χ1) is 11.3. The van der Waals surface area contributed by atoms with Crippen molar-refractivity contribution in [3.8, 4) is 5.88 Å². The van der Waals surface area contributed by atoms with E-state index in [1.807, 2.05) is 12.1 Å². The summed E-state index contributed by atoms with van der Waals surface area (Å²) in [5.41, 5.74) is 6.19. The lowest BCUT2D eigenvalue weighted by atomic mass is 10.2. The molecule has 0 amide bonds. The molecule has 0 saturated heterocycles. The van der Waals surface area contributed by atoms with Crippen molar-refractivity contribution in [1.29, 1.82) is 0 Å². The summed E-state index contributed by atoms with van der Waals surface area (Å²) in [5.74, 6) is -0.919. The van der Waals surface area contributed by atoms with Crippen LogP contribution in [0, 0.1) is 5.95 Å². The Morgan fingerprint density at radius 1 is 1.33 bits per heavy atom. The highest BCUT2D eigenvalue weighted by molar-refractivity contribution is 8.13. The molecule has 0 bridgehead atoms. The number of carbonyl (C=O) groups excluding carboxylic acids is 1. The molecular formula is C15H12Cl3FN2O2S. The Kier molecular flexibility index (Phi) is 6.57. The zero-order valence-electron chi connectivity index (χ0n) is 12.4. The molecule has 0 aliphatic heterocycles. The summed E-state index contributed by atoms with van der Waals surface area (Å²) in [6.07, 6.45) is -0.914. The van der Waals surface area contributed by atoms with Gasteiger partial charge in [-0.2, -0.15) is 9.37 Å². The maximum atomic E-state index is 13.5. The van der Waals surface area contributed by atoms with Gasteiger partial charge in [-0.05, 0) is 18.6 Å². The molecule has 1 atom stereocenters. The molecule has 1 aromatic carbocycles. The van der Waals surface area contributed by atoms with Crippen LogP contribution in [0.5, 0.6) is 5.88 Å². The van der Waals surface area contributed by atoms with Gasteiger partial charge >= 0.3 is 0 Å². The zero-order chi connectivity index (χ0) is 17.9. The van der Waals surface area contributed by atoms with Gasteiger partial charge in [-0.15, -0.1) is 0 Å². The second kappa shape index (κ2) is 8.25. The standard InChI is InChI=1S/C15H12Cl3FN2O2S/c1-7(15(22)24-6-8-4-2-3-5-9(8)16)23-14-11(18)12(20)10(17)13(19)21-14/h2-5,7H,6H2,1H3,(H2,20,21)/t7-/m1/s1. The Balaban J connectivity index is 2.03. The number of aromatic nitrogens is 1. The van der Waals surface area contributed by atoms with Crippen LogP contribution in [-0.4, -0.2) is 16.2 Å². The Morgan fingerprint density at radius 3 is 2.67 bits per heavy atom. The quantitative estimate of drug-likeness (QED) is 0.705. The van der Waals surface area contributed by atoms with Gasteiger partial charge in [-0.1, -0.05) is 64.8 Å². The van der Waals surface area contributed by atoms with Gasteiger partial charge in [0.2, 0.25) is 16.9 Å². The molecule has 2 N–H and O–H groups in total. The fourth-order valence-electron chi connectivity index (χ4n) is 1.69. The number of nitrogens with zero attached hydrogens (tertiary/aromatic N) is 1. The molecular weight excluding hydrogens is 398 g/mol. The molecule has 9 heteroatoms. The van der Waals surface area contributed by atoms with Crippen molar-refractivity contribution < 1.29 is 13.9 Å². The lowest BCUT2D eigenvalue weighted by Crippen LogP contribution is -2.22. The number of rotatable bonds is 5. The third-order valence-corrected chi connectivity index (χ3v) is 5.15. The number of benzene rings is 1. The number of thioether (sulfide) groups is 1. The number of hydrogen-bond donors (Lipinski definition) is 1. The van der Waals surface area contributed by atoms with Crippen molar-refractivity contribution in [2.75, 3.05) is 5.73 Å². The van der Waals surface area contributed by atoms with Crippen LogP contribution in [-0.2, 0) is 10.5 Å². The van der Waals surface area contributed by atoms with Gasteiger partial charge in [0, 0.05) is 10.8 Å². The topological polar surface area (TPSA) is 65.2 Å². The minimum absolute atomic E-state index is 0.142. The second-order valence-electron chi connectivity index (χ2n) is 4.71. The molecule has 0 unspecified atom stereocenters. The second-order valence-corrected chi connectivity index (χ2v) is 6.85. The van der Waals surface area contributed by atoms with Gasteiger partial charge in [-0.3, -0.25) is 4.79 Å². The van der Waals surface area contributed by atoms with E-state index < -0.39 is 12.1 Å². The molecule has 24 heavy (non-hydrogen) atoms. The van der Waals surface area contributed by atoms with Gasteiger partial charge in [-0.25, -0.2) is 0 Å². The van der Waals surface area contributed by atoms with Gasteiger partial charge in [0.05, 0.1) is 5.69 Å². The van der Waals surface area contributed by atoms with Gasteiger partial charge in [0.25, 0.3) is 0 Å². The van der Waals surface area contributed by atoms with Crippen LogP contribution in [0.1, 0.15) is 12.5 Å². The van der Waals surface area contributed by atoms with Crippen molar-refractivity contribution in [3.05, 3.63) is 50.8 Å². The van der Waals surface area contributed by atoms with Gasteiger partial charge in [0.15, 0.2) is 6.10 Å². The third-order valence-electron chi connectivity index (χ3n) is 2.99. The van der Waals surface area contributed by atoms with Crippen molar-refractivity contribution in [2.24, 2.45) is 0 Å². The molecule has 0 aliphatic rings. The fourth-order valence-corrected chi connectivity index (χ4v) is 3.17. The molecule has 0 fully saturated rings. The number of nitrogen functional groups attached to an aromatic ring is 1. The molecule has 128 valence electrons. The molecule has 0 spiro atoms. The van der Waals surface area contributed by atoms with Gasteiger partial charge < -0.3 is 10.5 Å². The molecule has 0 aliphatic carbocycles. The highest BCUT2D eigenvalue weighted by Gasteiger charge is 2.22. The van der Waals surface area contributed by atoms with E-state index in [1.165, 1.54) is 6.92 Å². The first-order valence-electron chi connectivity index (χ1n) is 6.68. The summed E-state index contributed by atoms with van der Waals surface area (Å²) in [6.45, 7) is 1.50. The highest BCUT2D eigenvalue weighted by atomic mass is 35.5. The van der Waals surface area contributed by atoms with Crippen LogP contribution in [0.4, 0.5) is 10.1 Å². The van der Waals surface area contributed by atoms with E-state index in [9.17, 15) is 9.18 Å². The van der Waals surface area contributed by atoms with Crippen molar-refractivity contribution in [2.45, 2.75) is 18.8 Å². The molecule has 1 aromatic heterocycles. The van der Waals surface area contributed by atoms with Crippen molar-refractivity contribution in [1.82, 2.24) is 4.98 Å². The summed E-state index contributed by atoms with van der Waals surface area (Å²) < 4.78 is 18.8. The average Bonchev–Trinajstić information content (AvgIpc) is 2.56. The number of pyridine rings is 1. The van der Waals surface area contributed by atoms with Crippen LogP contribution >= 0.6 is 46.6 Å². The minimum atomic E-state index is -1.02. The Bertz CT molecular complexity index is 777. The van der Waals surface area contributed by atoms with Crippen LogP contribution < -0.4 is 10.5 Å². The average molecular weight is 410 g/mol. The number of anilines is 1. The van der Waals surface area contributed by atoms with E-state index in [2.05, 4.69) is 4.98 Å². The summed E-state index contributed by atoms with van der Waals surface area (Å²) >= 11 is 18.6. The summed E-state index contributed by atoms with van der Waals surface area (Å²) in [6, 6.07) is 7.19. The Hall–Kier alpha value is -1.21. The molecule has 1 heterocycles. The molecule has 4 nitrogen and oxygen atoms in total. The summed E-state index contributed by atoms with van der Waals surface area (Å²) in [5, 5.41) is -0.248. The van der Waals surface area contributed by atoms with E-state index in [-0.39, 0.29) is 26.7 Å². The predicted octanol–water partition coefficient (Wildman–Crippen LogP) is 4.99. The number of hydrogen-bond acceptors (Lipinski definition) is 5.